The van der Waals surface area contributed by atoms with Crippen molar-refractivity contribution in [2.75, 3.05) is 27.4 Å². The first-order valence-corrected chi connectivity index (χ1v) is 7.88. The van der Waals surface area contributed by atoms with Crippen LogP contribution in [0, 0.1) is 23.7 Å². The Labute approximate surface area is 129 Å². The highest BCUT2D eigenvalue weighted by molar-refractivity contribution is 5.97. The van der Waals surface area contributed by atoms with Gasteiger partial charge in [-0.3, -0.25) is 0 Å². The Hall–Kier alpha value is -1.62. The van der Waals surface area contributed by atoms with Gasteiger partial charge < -0.3 is 14.2 Å². The van der Waals surface area contributed by atoms with Crippen LogP contribution in [-0.2, 0) is 23.8 Å². The maximum absolute atomic E-state index is 12.4. The molecule has 4 unspecified atom stereocenters. The molecule has 0 radical (unpaired) electrons. The van der Waals surface area contributed by atoms with E-state index >= 15 is 0 Å². The lowest BCUT2D eigenvalue weighted by Gasteiger charge is -2.37. The number of hydrogen-bond donors (Lipinski definition) is 0. The Bertz CT molecular complexity index is 563. The molecule has 1 aliphatic heterocycles. The molecule has 4 rings (SSSR count). The lowest BCUT2D eigenvalue weighted by atomic mass is 9.65. The minimum atomic E-state index is -0.260. The Morgan fingerprint density at radius 1 is 0.909 bits per heavy atom. The van der Waals surface area contributed by atoms with Crippen molar-refractivity contribution in [1.82, 2.24) is 0 Å². The fraction of sp³-hybridized carbons (Fsp3) is 0.647. The second kappa shape index (κ2) is 4.95. The molecule has 22 heavy (non-hydrogen) atoms. The topological polar surface area (TPSA) is 61.8 Å². The minimum Gasteiger partial charge on any atom is -0.466 e. The van der Waals surface area contributed by atoms with Crippen molar-refractivity contribution in [3.05, 3.63) is 22.3 Å². The standard InChI is InChI=1S/C17H20O5/c1-20-16(18)14-10-6-22-7-11(10)15(17(19)21-2)13-9-4-3-8(5-9)12(13)14/h8-9,12-13H,3-7H2,1-2H3. The summed E-state index contributed by atoms with van der Waals surface area (Å²) in [7, 11) is 2.85. The number of rotatable bonds is 2. The smallest absolute Gasteiger partial charge is 0.334 e. The summed E-state index contributed by atoms with van der Waals surface area (Å²) < 4.78 is 15.7. The molecule has 1 saturated heterocycles. The maximum Gasteiger partial charge on any atom is 0.334 e. The van der Waals surface area contributed by atoms with Crippen LogP contribution in [0.3, 0.4) is 0 Å². The minimum absolute atomic E-state index is 0.0979. The van der Waals surface area contributed by atoms with Gasteiger partial charge in [-0.05, 0) is 42.2 Å². The Morgan fingerprint density at radius 2 is 1.36 bits per heavy atom. The quantitative estimate of drug-likeness (QED) is 0.726. The van der Waals surface area contributed by atoms with Crippen LogP contribution in [0.25, 0.3) is 0 Å². The van der Waals surface area contributed by atoms with Crippen LogP contribution < -0.4 is 0 Å². The van der Waals surface area contributed by atoms with Gasteiger partial charge in [0.25, 0.3) is 0 Å². The van der Waals surface area contributed by atoms with Crippen molar-refractivity contribution in [3.8, 4) is 0 Å². The first-order chi connectivity index (χ1) is 10.7. The molecule has 4 aliphatic rings. The summed E-state index contributed by atoms with van der Waals surface area (Å²) in [6.07, 6.45) is 3.35. The van der Waals surface area contributed by atoms with E-state index in [1.165, 1.54) is 14.2 Å². The summed E-state index contributed by atoms with van der Waals surface area (Å²) in [6, 6.07) is 0. The third-order valence-electron chi connectivity index (χ3n) is 5.90. The van der Waals surface area contributed by atoms with Crippen molar-refractivity contribution in [2.24, 2.45) is 23.7 Å². The highest BCUT2D eigenvalue weighted by atomic mass is 16.5. The number of esters is 2. The van der Waals surface area contributed by atoms with E-state index in [-0.39, 0.29) is 23.8 Å². The lowest BCUT2D eigenvalue weighted by Crippen LogP contribution is -2.36. The molecule has 0 spiro atoms. The van der Waals surface area contributed by atoms with E-state index in [4.69, 9.17) is 14.2 Å². The van der Waals surface area contributed by atoms with Gasteiger partial charge in [-0.25, -0.2) is 9.59 Å². The molecule has 5 heteroatoms. The maximum atomic E-state index is 12.4. The molecule has 2 bridgehead atoms. The van der Waals surface area contributed by atoms with Crippen molar-refractivity contribution < 1.29 is 23.8 Å². The van der Waals surface area contributed by atoms with Crippen LogP contribution in [0.5, 0.6) is 0 Å². The SMILES string of the molecule is COC(=O)C1=C2COCC2=C(C(=O)OC)C2C3CCC(C3)C12. The first kappa shape index (κ1) is 14.0. The van der Waals surface area contributed by atoms with Crippen LogP contribution in [-0.4, -0.2) is 39.4 Å². The van der Waals surface area contributed by atoms with Crippen molar-refractivity contribution in [3.63, 3.8) is 0 Å². The summed E-state index contributed by atoms with van der Waals surface area (Å²) >= 11 is 0. The van der Waals surface area contributed by atoms with Gasteiger partial charge in [0.15, 0.2) is 0 Å². The van der Waals surface area contributed by atoms with E-state index in [2.05, 4.69) is 0 Å². The van der Waals surface area contributed by atoms with Crippen molar-refractivity contribution in [1.29, 1.82) is 0 Å². The third-order valence-corrected chi connectivity index (χ3v) is 5.90. The Balaban J connectivity index is 1.92. The molecule has 0 aromatic rings. The summed E-state index contributed by atoms with van der Waals surface area (Å²) in [6.45, 7) is 0.779. The molecule has 1 heterocycles. The van der Waals surface area contributed by atoms with E-state index in [1.807, 2.05) is 0 Å². The molecule has 0 amide bonds. The molecule has 2 saturated carbocycles. The number of ether oxygens (including phenoxy) is 3. The zero-order valence-corrected chi connectivity index (χ0v) is 12.9. The van der Waals surface area contributed by atoms with E-state index in [0.29, 0.717) is 25.0 Å². The number of hydrogen-bond acceptors (Lipinski definition) is 5. The summed E-state index contributed by atoms with van der Waals surface area (Å²) in [5, 5.41) is 0. The van der Waals surface area contributed by atoms with E-state index in [1.54, 1.807) is 0 Å². The van der Waals surface area contributed by atoms with Crippen LogP contribution in [0.4, 0.5) is 0 Å². The average Bonchev–Trinajstić information content (AvgIpc) is 3.26. The summed E-state index contributed by atoms with van der Waals surface area (Å²) in [5.74, 6) is 0.618. The molecule has 5 nitrogen and oxygen atoms in total. The van der Waals surface area contributed by atoms with E-state index < -0.39 is 0 Å². The third kappa shape index (κ3) is 1.69. The molecular formula is C17H20O5. The molecule has 118 valence electrons. The van der Waals surface area contributed by atoms with Gasteiger partial charge >= 0.3 is 11.9 Å². The van der Waals surface area contributed by atoms with Gasteiger partial charge in [0.05, 0.1) is 27.4 Å². The van der Waals surface area contributed by atoms with Gasteiger partial charge in [0.2, 0.25) is 0 Å². The van der Waals surface area contributed by atoms with Gasteiger partial charge in [-0.2, -0.15) is 0 Å². The predicted octanol–water partition coefficient (Wildman–Crippen LogP) is 1.63. The highest BCUT2D eigenvalue weighted by Crippen LogP contribution is 2.61. The van der Waals surface area contributed by atoms with Crippen LogP contribution in [0.15, 0.2) is 22.3 Å². The fourth-order valence-corrected chi connectivity index (χ4v) is 5.17. The van der Waals surface area contributed by atoms with Crippen molar-refractivity contribution in [2.45, 2.75) is 19.3 Å². The predicted molar refractivity (Wildman–Crippen MR) is 76.7 cm³/mol. The zero-order valence-electron chi connectivity index (χ0n) is 12.9. The monoisotopic (exact) mass is 304 g/mol. The highest BCUT2D eigenvalue weighted by Gasteiger charge is 2.56. The van der Waals surface area contributed by atoms with Crippen LogP contribution in [0.1, 0.15) is 19.3 Å². The van der Waals surface area contributed by atoms with Crippen molar-refractivity contribution >= 4 is 11.9 Å². The molecule has 3 fully saturated rings. The summed E-state index contributed by atoms with van der Waals surface area (Å²) in [5.41, 5.74) is 3.28. The molecule has 3 aliphatic carbocycles. The first-order valence-electron chi connectivity index (χ1n) is 7.88. The molecule has 0 aromatic heterocycles. The van der Waals surface area contributed by atoms with Gasteiger partial charge in [-0.1, -0.05) is 0 Å². The summed E-state index contributed by atoms with van der Waals surface area (Å²) in [4.78, 5) is 24.8. The van der Waals surface area contributed by atoms with E-state index in [9.17, 15) is 9.59 Å². The largest absolute Gasteiger partial charge is 0.466 e. The lowest BCUT2D eigenvalue weighted by molar-refractivity contribution is -0.139. The fourth-order valence-electron chi connectivity index (χ4n) is 5.17. The molecular weight excluding hydrogens is 284 g/mol. The number of fused-ring (bicyclic) bond motifs is 6. The molecule has 4 atom stereocenters. The molecule has 0 aromatic carbocycles. The Kier molecular flexibility index (Phi) is 3.15. The molecule has 0 N–H and O–H groups in total. The Morgan fingerprint density at radius 3 is 1.77 bits per heavy atom. The number of methoxy groups -OCH3 is 2. The normalized spacial score (nSPS) is 35.5. The number of carbonyl (C=O) groups excluding carboxylic acids is 2. The van der Waals surface area contributed by atoms with Gasteiger partial charge in [-0.15, -0.1) is 0 Å². The van der Waals surface area contributed by atoms with Crippen LogP contribution in [0.2, 0.25) is 0 Å². The second-order valence-corrected chi connectivity index (χ2v) is 6.65. The van der Waals surface area contributed by atoms with Gasteiger partial charge in [0.1, 0.15) is 0 Å². The average molecular weight is 304 g/mol. The second-order valence-electron chi connectivity index (χ2n) is 6.65. The van der Waals surface area contributed by atoms with Gasteiger partial charge in [0, 0.05) is 23.0 Å². The van der Waals surface area contributed by atoms with Crippen LogP contribution >= 0.6 is 0 Å². The zero-order chi connectivity index (χ0) is 15.4. The number of carbonyl (C=O) groups is 2. The van der Waals surface area contributed by atoms with E-state index in [0.717, 1.165) is 41.6 Å².